The highest BCUT2D eigenvalue weighted by atomic mass is 32.1. The van der Waals surface area contributed by atoms with Gasteiger partial charge in [-0.15, -0.1) is 0 Å². The Hall–Kier alpha value is -0.640. The molecule has 1 aliphatic carbocycles. The summed E-state index contributed by atoms with van der Waals surface area (Å²) in [5.74, 6) is 1.21. The Kier molecular flexibility index (Phi) is 3.47. The number of rotatable bonds is 4. The maximum Gasteiger partial charge on any atom is 0.195 e. The molecule has 0 unspecified atom stereocenters. The largest absolute Gasteiger partial charge is 0.304 e. The van der Waals surface area contributed by atoms with Crippen molar-refractivity contribution in [3.8, 4) is 0 Å². The van der Waals surface area contributed by atoms with Crippen LogP contribution in [0.4, 0.5) is 0 Å². The van der Waals surface area contributed by atoms with Gasteiger partial charge in [0.2, 0.25) is 0 Å². The van der Waals surface area contributed by atoms with Gasteiger partial charge >= 0.3 is 0 Å². The summed E-state index contributed by atoms with van der Waals surface area (Å²) in [4.78, 5) is 0. The standard InChI is InChI=1S/C12H21N3S/c1-3-9-15-10(13-14-11(15)16)12(4-2)7-5-6-8-12/h3-9H2,1-2H3,(H,14,16). The Morgan fingerprint density at radius 2 is 2.06 bits per heavy atom. The van der Waals surface area contributed by atoms with Crippen molar-refractivity contribution in [2.75, 3.05) is 0 Å². The van der Waals surface area contributed by atoms with Gasteiger partial charge in [0.25, 0.3) is 0 Å². The topological polar surface area (TPSA) is 33.6 Å². The highest BCUT2D eigenvalue weighted by Crippen LogP contribution is 2.42. The van der Waals surface area contributed by atoms with Gasteiger partial charge in [-0.05, 0) is 37.9 Å². The van der Waals surface area contributed by atoms with E-state index in [2.05, 4.69) is 28.6 Å². The zero-order valence-corrected chi connectivity index (χ0v) is 11.1. The molecule has 16 heavy (non-hydrogen) atoms. The second kappa shape index (κ2) is 4.70. The number of nitrogens with one attached hydrogen (secondary N) is 1. The van der Waals surface area contributed by atoms with E-state index in [4.69, 9.17) is 12.2 Å². The summed E-state index contributed by atoms with van der Waals surface area (Å²) in [5.41, 5.74) is 0.294. The first-order chi connectivity index (χ1) is 7.73. The molecule has 1 fully saturated rings. The van der Waals surface area contributed by atoms with Crippen molar-refractivity contribution in [1.82, 2.24) is 14.8 Å². The Balaban J connectivity index is 2.41. The molecule has 1 N–H and O–H groups in total. The molecule has 0 bridgehead atoms. The van der Waals surface area contributed by atoms with Crippen molar-refractivity contribution >= 4 is 12.2 Å². The third kappa shape index (κ3) is 1.83. The summed E-state index contributed by atoms with van der Waals surface area (Å²) in [6.07, 6.45) is 7.50. The fourth-order valence-electron chi connectivity index (χ4n) is 2.94. The molecule has 0 saturated heterocycles. The molecule has 1 heterocycles. The average Bonchev–Trinajstić information content (AvgIpc) is 2.88. The molecule has 0 amide bonds. The van der Waals surface area contributed by atoms with E-state index in [1.54, 1.807) is 0 Å². The lowest BCUT2D eigenvalue weighted by Gasteiger charge is -2.26. The Labute approximate surface area is 102 Å². The minimum absolute atomic E-state index is 0.294. The van der Waals surface area contributed by atoms with Gasteiger partial charge in [0.05, 0.1) is 0 Å². The lowest BCUT2D eigenvalue weighted by molar-refractivity contribution is 0.376. The predicted molar refractivity (Wildman–Crippen MR) is 68.1 cm³/mol. The molecule has 4 heteroatoms. The van der Waals surface area contributed by atoms with Crippen molar-refractivity contribution < 1.29 is 0 Å². The Morgan fingerprint density at radius 1 is 1.38 bits per heavy atom. The number of hydrogen-bond acceptors (Lipinski definition) is 2. The van der Waals surface area contributed by atoms with Crippen LogP contribution in [-0.4, -0.2) is 14.8 Å². The molecule has 90 valence electrons. The Morgan fingerprint density at radius 3 is 2.62 bits per heavy atom. The van der Waals surface area contributed by atoms with Crippen molar-refractivity contribution in [3.05, 3.63) is 10.6 Å². The van der Waals surface area contributed by atoms with Crippen LogP contribution in [-0.2, 0) is 12.0 Å². The molecule has 1 aromatic heterocycles. The van der Waals surface area contributed by atoms with Crippen LogP contribution < -0.4 is 0 Å². The van der Waals surface area contributed by atoms with E-state index in [0.717, 1.165) is 17.7 Å². The second-order valence-corrected chi connectivity index (χ2v) is 5.23. The number of H-pyrrole nitrogens is 1. The molecule has 1 aromatic rings. The molecule has 0 aromatic carbocycles. The van der Waals surface area contributed by atoms with Crippen LogP contribution in [0.15, 0.2) is 0 Å². The van der Waals surface area contributed by atoms with E-state index in [0.29, 0.717) is 5.41 Å². The van der Waals surface area contributed by atoms with Gasteiger partial charge < -0.3 is 4.57 Å². The van der Waals surface area contributed by atoms with Crippen molar-refractivity contribution in [1.29, 1.82) is 0 Å². The molecule has 3 nitrogen and oxygen atoms in total. The maximum absolute atomic E-state index is 5.32. The Bertz CT molecular complexity index is 399. The lowest BCUT2D eigenvalue weighted by atomic mass is 9.82. The fourth-order valence-corrected chi connectivity index (χ4v) is 3.16. The van der Waals surface area contributed by atoms with Crippen LogP contribution in [0.3, 0.4) is 0 Å². The fraction of sp³-hybridized carbons (Fsp3) is 0.833. The zero-order chi connectivity index (χ0) is 11.6. The first-order valence-electron chi connectivity index (χ1n) is 6.39. The monoisotopic (exact) mass is 239 g/mol. The second-order valence-electron chi connectivity index (χ2n) is 4.84. The predicted octanol–water partition coefficient (Wildman–Crippen LogP) is 3.57. The number of aromatic amines is 1. The van der Waals surface area contributed by atoms with E-state index >= 15 is 0 Å². The summed E-state index contributed by atoms with van der Waals surface area (Å²) in [6.45, 7) is 5.46. The van der Waals surface area contributed by atoms with Gasteiger partial charge in [-0.25, -0.2) is 0 Å². The van der Waals surface area contributed by atoms with Gasteiger partial charge in [-0.3, -0.25) is 5.10 Å². The van der Waals surface area contributed by atoms with Gasteiger partial charge in [0, 0.05) is 12.0 Å². The molecule has 0 radical (unpaired) electrons. The van der Waals surface area contributed by atoms with E-state index < -0.39 is 0 Å². The van der Waals surface area contributed by atoms with E-state index in [-0.39, 0.29) is 0 Å². The van der Waals surface area contributed by atoms with Crippen molar-refractivity contribution in [2.45, 2.75) is 64.3 Å². The zero-order valence-electron chi connectivity index (χ0n) is 10.3. The smallest absolute Gasteiger partial charge is 0.195 e. The summed E-state index contributed by atoms with van der Waals surface area (Å²) < 4.78 is 3.00. The van der Waals surface area contributed by atoms with Gasteiger partial charge in [-0.1, -0.05) is 26.7 Å². The van der Waals surface area contributed by atoms with Gasteiger partial charge in [0.15, 0.2) is 4.77 Å². The molecule has 2 rings (SSSR count). The highest BCUT2D eigenvalue weighted by Gasteiger charge is 2.38. The summed E-state index contributed by atoms with van der Waals surface area (Å²) >= 11 is 5.32. The molecule has 0 atom stereocenters. The normalized spacial score (nSPS) is 19.1. The molecule has 1 saturated carbocycles. The SMILES string of the molecule is CCCn1c(C2(CC)CCCC2)n[nH]c1=S. The van der Waals surface area contributed by atoms with Crippen LogP contribution >= 0.6 is 12.2 Å². The molecule has 0 aliphatic heterocycles. The van der Waals surface area contributed by atoms with Gasteiger partial charge in [-0.2, -0.15) is 5.10 Å². The first-order valence-corrected chi connectivity index (χ1v) is 6.80. The van der Waals surface area contributed by atoms with E-state index in [1.807, 2.05) is 0 Å². The minimum atomic E-state index is 0.294. The molecule has 1 aliphatic rings. The number of nitrogens with zero attached hydrogens (tertiary/aromatic N) is 2. The lowest BCUT2D eigenvalue weighted by Crippen LogP contribution is -2.26. The number of aromatic nitrogens is 3. The molecule has 0 spiro atoms. The molecular weight excluding hydrogens is 218 g/mol. The summed E-state index contributed by atoms with van der Waals surface area (Å²) in [7, 11) is 0. The van der Waals surface area contributed by atoms with E-state index in [9.17, 15) is 0 Å². The number of hydrogen-bond donors (Lipinski definition) is 1. The van der Waals surface area contributed by atoms with Crippen LogP contribution in [0, 0.1) is 4.77 Å². The average molecular weight is 239 g/mol. The van der Waals surface area contributed by atoms with Crippen LogP contribution in [0.1, 0.15) is 58.2 Å². The molecular formula is C12H21N3S. The van der Waals surface area contributed by atoms with E-state index in [1.165, 1.54) is 37.9 Å². The maximum atomic E-state index is 5.32. The van der Waals surface area contributed by atoms with Crippen LogP contribution in [0.2, 0.25) is 0 Å². The van der Waals surface area contributed by atoms with Crippen LogP contribution in [0.5, 0.6) is 0 Å². The summed E-state index contributed by atoms with van der Waals surface area (Å²) in [6, 6.07) is 0. The third-order valence-electron chi connectivity index (χ3n) is 3.92. The van der Waals surface area contributed by atoms with Crippen molar-refractivity contribution in [3.63, 3.8) is 0 Å². The van der Waals surface area contributed by atoms with Crippen LogP contribution in [0.25, 0.3) is 0 Å². The summed E-state index contributed by atoms with van der Waals surface area (Å²) in [5, 5.41) is 7.48. The highest BCUT2D eigenvalue weighted by molar-refractivity contribution is 7.71. The van der Waals surface area contributed by atoms with Crippen molar-refractivity contribution in [2.24, 2.45) is 0 Å². The minimum Gasteiger partial charge on any atom is -0.304 e. The third-order valence-corrected chi connectivity index (χ3v) is 4.23. The van der Waals surface area contributed by atoms with Gasteiger partial charge in [0.1, 0.15) is 5.82 Å². The quantitative estimate of drug-likeness (QED) is 0.815. The first kappa shape index (κ1) is 11.8.